The van der Waals surface area contributed by atoms with Crippen LogP contribution in [0.4, 0.5) is 0 Å². The van der Waals surface area contributed by atoms with E-state index in [0.29, 0.717) is 35.4 Å². The van der Waals surface area contributed by atoms with Crippen LogP contribution in [-0.4, -0.2) is 49.1 Å². The molecule has 2 atom stereocenters. The van der Waals surface area contributed by atoms with Gasteiger partial charge in [0.2, 0.25) is 0 Å². The summed E-state index contributed by atoms with van der Waals surface area (Å²) in [5, 5.41) is 0. The standard InChI is InChI=1S/C21H24N2O4.ClH/c1-26-19-7-6-15(9-20(19)27-2)18(24)13-22-10-14-8-16(12-22)17-4-3-5-21(25)23(17)11-14;/h3-7,9,14,16H,8,10-13H2,1-2H3;1H/t14-,16+;/m1./s1. The molecule has 0 N–H and O–H groups in total. The van der Waals surface area contributed by atoms with Gasteiger partial charge in [0.15, 0.2) is 17.3 Å². The summed E-state index contributed by atoms with van der Waals surface area (Å²) < 4.78 is 12.5. The summed E-state index contributed by atoms with van der Waals surface area (Å²) >= 11 is 0. The molecule has 7 heteroatoms. The van der Waals surface area contributed by atoms with Crippen molar-refractivity contribution in [1.29, 1.82) is 0 Å². The Labute approximate surface area is 170 Å². The van der Waals surface area contributed by atoms with Crippen molar-refractivity contribution < 1.29 is 14.3 Å². The van der Waals surface area contributed by atoms with Gasteiger partial charge >= 0.3 is 0 Å². The summed E-state index contributed by atoms with van der Waals surface area (Å²) in [6, 6.07) is 10.8. The smallest absolute Gasteiger partial charge is 0.250 e. The lowest BCUT2D eigenvalue weighted by Crippen LogP contribution is -2.48. The molecule has 1 aromatic carbocycles. The van der Waals surface area contributed by atoms with Gasteiger partial charge in [-0.3, -0.25) is 14.5 Å². The number of ether oxygens (including phenoxy) is 2. The van der Waals surface area contributed by atoms with Crippen LogP contribution < -0.4 is 15.0 Å². The van der Waals surface area contributed by atoms with Crippen LogP contribution >= 0.6 is 12.4 Å². The lowest BCUT2D eigenvalue weighted by molar-refractivity contribution is 0.0817. The summed E-state index contributed by atoms with van der Waals surface area (Å²) in [5.74, 6) is 1.97. The van der Waals surface area contributed by atoms with Crippen molar-refractivity contribution in [2.75, 3.05) is 33.9 Å². The average Bonchev–Trinajstić information content (AvgIpc) is 2.68. The Morgan fingerprint density at radius 1 is 1.07 bits per heavy atom. The fourth-order valence-electron chi connectivity index (χ4n) is 4.43. The van der Waals surface area contributed by atoms with Gasteiger partial charge in [0, 0.05) is 42.9 Å². The molecule has 3 heterocycles. The molecule has 2 aliphatic rings. The van der Waals surface area contributed by atoms with E-state index in [-0.39, 0.29) is 23.7 Å². The number of aromatic nitrogens is 1. The second-order valence-corrected chi connectivity index (χ2v) is 7.39. The summed E-state index contributed by atoms with van der Waals surface area (Å²) in [7, 11) is 3.15. The zero-order valence-electron chi connectivity index (χ0n) is 16.1. The number of nitrogens with zero attached hydrogens (tertiary/aromatic N) is 2. The number of halogens is 1. The van der Waals surface area contributed by atoms with Crippen LogP contribution in [0.2, 0.25) is 0 Å². The fraction of sp³-hybridized carbons (Fsp3) is 0.429. The largest absolute Gasteiger partial charge is 0.493 e. The summed E-state index contributed by atoms with van der Waals surface area (Å²) in [4.78, 5) is 27.2. The molecule has 0 spiro atoms. The minimum absolute atomic E-state index is 0. The predicted octanol–water partition coefficient (Wildman–Crippen LogP) is 2.59. The van der Waals surface area contributed by atoms with Crippen molar-refractivity contribution in [1.82, 2.24) is 9.47 Å². The molecule has 1 aromatic heterocycles. The van der Waals surface area contributed by atoms with Gasteiger partial charge in [-0.2, -0.15) is 0 Å². The zero-order valence-corrected chi connectivity index (χ0v) is 16.9. The topological polar surface area (TPSA) is 60.8 Å². The normalized spacial score (nSPS) is 20.6. The molecule has 0 aliphatic carbocycles. The van der Waals surface area contributed by atoms with E-state index in [4.69, 9.17) is 9.47 Å². The number of piperidine rings is 1. The highest BCUT2D eigenvalue weighted by molar-refractivity contribution is 5.98. The predicted molar refractivity (Wildman–Crippen MR) is 109 cm³/mol. The van der Waals surface area contributed by atoms with Crippen molar-refractivity contribution >= 4 is 18.2 Å². The number of carbonyl (C=O) groups excluding carboxylic acids is 1. The van der Waals surface area contributed by atoms with Gasteiger partial charge < -0.3 is 14.0 Å². The van der Waals surface area contributed by atoms with E-state index in [1.54, 1.807) is 38.5 Å². The molecule has 2 aliphatic heterocycles. The van der Waals surface area contributed by atoms with Gasteiger partial charge in [-0.25, -0.2) is 0 Å². The number of rotatable bonds is 5. The Morgan fingerprint density at radius 3 is 2.61 bits per heavy atom. The number of ketones is 1. The van der Waals surface area contributed by atoms with Crippen LogP contribution in [0.5, 0.6) is 11.5 Å². The van der Waals surface area contributed by atoms with Crippen molar-refractivity contribution in [3.63, 3.8) is 0 Å². The monoisotopic (exact) mass is 404 g/mol. The zero-order chi connectivity index (χ0) is 19.0. The first-order valence-corrected chi connectivity index (χ1v) is 9.26. The molecule has 6 nitrogen and oxygen atoms in total. The fourth-order valence-corrected chi connectivity index (χ4v) is 4.43. The van der Waals surface area contributed by atoms with Crippen molar-refractivity contribution in [3.8, 4) is 11.5 Å². The van der Waals surface area contributed by atoms with Crippen LogP contribution in [0, 0.1) is 5.92 Å². The third kappa shape index (κ3) is 3.80. The molecule has 1 saturated heterocycles. The van der Waals surface area contributed by atoms with Gasteiger partial charge in [-0.1, -0.05) is 6.07 Å². The molecule has 2 bridgehead atoms. The Balaban J connectivity index is 0.00000225. The average molecular weight is 405 g/mol. The van der Waals surface area contributed by atoms with E-state index in [1.165, 1.54) is 0 Å². The minimum Gasteiger partial charge on any atom is -0.493 e. The first-order valence-electron chi connectivity index (χ1n) is 9.26. The third-order valence-corrected chi connectivity index (χ3v) is 5.63. The quantitative estimate of drug-likeness (QED) is 0.717. The second-order valence-electron chi connectivity index (χ2n) is 7.39. The van der Waals surface area contributed by atoms with E-state index in [0.717, 1.165) is 31.7 Å². The maximum Gasteiger partial charge on any atom is 0.250 e. The van der Waals surface area contributed by atoms with Gasteiger partial charge in [0.05, 0.1) is 20.8 Å². The Morgan fingerprint density at radius 2 is 1.86 bits per heavy atom. The van der Waals surface area contributed by atoms with E-state index >= 15 is 0 Å². The van der Waals surface area contributed by atoms with Gasteiger partial charge in [0.1, 0.15) is 0 Å². The summed E-state index contributed by atoms with van der Waals surface area (Å²) in [6.45, 7) is 2.77. The van der Waals surface area contributed by atoms with Crippen molar-refractivity contribution in [2.45, 2.75) is 18.9 Å². The van der Waals surface area contributed by atoms with E-state index in [9.17, 15) is 9.59 Å². The molecule has 0 unspecified atom stereocenters. The van der Waals surface area contributed by atoms with Crippen LogP contribution in [0.1, 0.15) is 28.4 Å². The number of Topliss-reactive ketones (excluding diaryl/α,β-unsaturated/α-hetero) is 1. The molecule has 28 heavy (non-hydrogen) atoms. The molecule has 1 fully saturated rings. The number of methoxy groups -OCH3 is 2. The van der Waals surface area contributed by atoms with Gasteiger partial charge in [-0.15, -0.1) is 12.4 Å². The van der Waals surface area contributed by atoms with E-state index < -0.39 is 0 Å². The molecule has 150 valence electrons. The Kier molecular flexibility index (Phi) is 6.10. The highest BCUT2D eigenvalue weighted by Crippen LogP contribution is 2.35. The summed E-state index contributed by atoms with van der Waals surface area (Å²) in [6.07, 6.45) is 1.09. The molecule has 2 aromatic rings. The third-order valence-electron chi connectivity index (χ3n) is 5.63. The number of fused-ring (bicyclic) bond motifs is 4. The van der Waals surface area contributed by atoms with E-state index in [1.807, 2.05) is 16.7 Å². The number of pyridine rings is 1. The Bertz CT molecular complexity index is 927. The van der Waals surface area contributed by atoms with Crippen LogP contribution in [0.25, 0.3) is 0 Å². The lowest BCUT2D eigenvalue weighted by Gasteiger charge is -2.42. The summed E-state index contributed by atoms with van der Waals surface area (Å²) in [5.41, 5.74) is 1.80. The van der Waals surface area contributed by atoms with Crippen LogP contribution in [-0.2, 0) is 6.54 Å². The molecule has 0 amide bonds. The van der Waals surface area contributed by atoms with Crippen molar-refractivity contribution in [3.05, 3.63) is 58.0 Å². The highest BCUT2D eigenvalue weighted by Gasteiger charge is 2.35. The number of hydrogen-bond acceptors (Lipinski definition) is 5. The van der Waals surface area contributed by atoms with Crippen LogP contribution in [0.15, 0.2) is 41.2 Å². The first-order chi connectivity index (χ1) is 13.1. The van der Waals surface area contributed by atoms with Crippen molar-refractivity contribution in [2.24, 2.45) is 5.92 Å². The van der Waals surface area contributed by atoms with Gasteiger partial charge in [-0.05, 0) is 36.6 Å². The first kappa shape index (κ1) is 20.4. The maximum absolute atomic E-state index is 12.8. The Hall–Kier alpha value is -2.31. The number of carbonyl (C=O) groups is 1. The second kappa shape index (κ2) is 8.37. The van der Waals surface area contributed by atoms with Gasteiger partial charge in [0.25, 0.3) is 5.56 Å². The lowest BCUT2D eigenvalue weighted by atomic mass is 9.83. The molecule has 4 rings (SSSR count). The highest BCUT2D eigenvalue weighted by atomic mass is 35.5. The molecule has 0 saturated carbocycles. The molecular formula is C21H25ClN2O4. The van der Waals surface area contributed by atoms with E-state index in [2.05, 4.69) is 4.90 Å². The molecular weight excluding hydrogens is 380 g/mol. The number of likely N-dealkylation sites (tertiary alicyclic amines) is 1. The maximum atomic E-state index is 12.8. The number of hydrogen-bond donors (Lipinski definition) is 0. The van der Waals surface area contributed by atoms with Crippen LogP contribution in [0.3, 0.4) is 0 Å². The number of benzene rings is 1. The SMILES string of the molecule is COc1ccc(C(=O)CN2C[C@H]3C[C@@H](C2)c2cccc(=O)n2C3)cc1OC.Cl. The minimum atomic E-state index is 0. The molecule has 0 radical (unpaired) electrons.